The zero-order valence-corrected chi connectivity index (χ0v) is 18.7. The third-order valence-electron chi connectivity index (χ3n) is 6.52. The number of thiophene rings is 1. The molecule has 1 aliphatic carbocycles. The van der Waals surface area contributed by atoms with Gasteiger partial charge in [-0.15, -0.1) is 11.3 Å². The molecule has 158 valence electrons. The van der Waals surface area contributed by atoms with Crippen LogP contribution in [-0.2, 0) is 12.8 Å². The fourth-order valence-corrected chi connectivity index (χ4v) is 5.98. The lowest BCUT2D eigenvalue weighted by molar-refractivity contribution is 0.460. The van der Waals surface area contributed by atoms with Crippen LogP contribution in [0.5, 0.6) is 0 Å². The molecule has 0 saturated heterocycles. The molecule has 0 aliphatic heterocycles. The molecule has 3 heteroatoms. The van der Waals surface area contributed by atoms with Crippen molar-refractivity contribution in [1.29, 1.82) is 0 Å². The molecule has 0 nitrogen and oxygen atoms in total. The Bertz CT molecular complexity index is 987. The minimum Gasteiger partial charge on any atom is -0.203 e. The molecule has 30 heavy (non-hydrogen) atoms. The van der Waals surface area contributed by atoms with Crippen molar-refractivity contribution in [2.24, 2.45) is 11.8 Å². The fourth-order valence-electron chi connectivity index (χ4n) is 4.83. The first-order valence-corrected chi connectivity index (χ1v) is 12.1. The van der Waals surface area contributed by atoms with Gasteiger partial charge in [0.05, 0.1) is 0 Å². The topological polar surface area (TPSA) is 0 Å². The van der Waals surface area contributed by atoms with Gasteiger partial charge in [0.1, 0.15) is 0 Å². The van der Waals surface area contributed by atoms with Crippen LogP contribution in [0.3, 0.4) is 0 Å². The standard InChI is InChI=1S/C27H30F2S/c1-3-5-19-6-7-20(16-19)17-22-12-15-25(30-22)24-14-13-23(26(28)27(24)29)21-10-8-18(4-2)9-11-21/h8-15,19-20H,3-7,16-17H2,1-2H3. The smallest absolute Gasteiger partial charge is 0.168 e. The molecule has 2 unspecified atom stereocenters. The van der Waals surface area contributed by atoms with Gasteiger partial charge in [0.15, 0.2) is 11.6 Å². The highest BCUT2D eigenvalue weighted by atomic mass is 32.1. The molecule has 0 spiro atoms. The van der Waals surface area contributed by atoms with Crippen molar-refractivity contribution in [2.45, 2.75) is 58.8 Å². The maximum atomic E-state index is 15.0. The predicted molar refractivity (Wildman–Crippen MR) is 124 cm³/mol. The van der Waals surface area contributed by atoms with E-state index >= 15 is 0 Å². The Hall–Kier alpha value is -2.00. The Morgan fingerprint density at radius 3 is 2.27 bits per heavy atom. The molecule has 1 saturated carbocycles. The SMILES string of the molecule is CCCC1CCC(Cc2ccc(-c3ccc(-c4ccc(CC)cc4)c(F)c3F)s2)C1. The van der Waals surface area contributed by atoms with Gasteiger partial charge in [0, 0.05) is 20.9 Å². The van der Waals surface area contributed by atoms with E-state index in [1.54, 1.807) is 23.5 Å². The van der Waals surface area contributed by atoms with E-state index in [0.717, 1.165) is 29.6 Å². The number of halogens is 2. The van der Waals surface area contributed by atoms with Gasteiger partial charge in [-0.3, -0.25) is 0 Å². The molecular formula is C27H30F2S. The van der Waals surface area contributed by atoms with E-state index in [9.17, 15) is 8.78 Å². The highest BCUT2D eigenvalue weighted by molar-refractivity contribution is 7.15. The van der Waals surface area contributed by atoms with Crippen LogP contribution < -0.4 is 0 Å². The third-order valence-corrected chi connectivity index (χ3v) is 7.66. The van der Waals surface area contributed by atoms with E-state index < -0.39 is 11.6 Å². The van der Waals surface area contributed by atoms with Gasteiger partial charge in [-0.25, -0.2) is 8.78 Å². The highest BCUT2D eigenvalue weighted by Gasteiger charge is 2.25. The average molecular weight is 425 g/mol. The minimum atomic E-state index is -0.759. The van der Waals surface area contributed by atoms with E-state index in [2.05, 4.69) is 19.9 Å². The summed E-state index contributed by atoms with van der Waals surface area (Å²) in [6.45, 7) is 4.34. The van der Waals surface area contributed by atoms with Gasteiger partial charge >= 0.3 is 0 Å². The fraction of sp³-hybridized carbons (Fsp3) is 0.407. The van der Waals surface area contributed by atoms with E-state index in [1.165, 1.54) is 42.5 Å². The van der Waals surface area contributed by atoms with Gasteiger partial charge in [-0.2, -0.15) is 0 Å². The van der Waals surface area contributed by atoms with E-state index in [0.29, 0.717) is 16.7 Å². The molecule has 2 aromatic carbocycles. The van der Waals surface area contributed by atoms with Crippen LogP contribution >= 0.6 is 11.3 Å². The van der Waals surface area contributed by atoms with Crippen molar-refractivity contribution < 1.29 is 8.78 Å². The summed E-state index contributed by atoms with van der Waals surface area (Å²) < 4.78 is 29.9. The van der Waals surface area contributed by atoms with Crippen LogP contribution in [-0.4, -0.2) is 0 Å². The maximum absolute atomic E-state index is 15.0. The molecule has 1 heterocycles. The number of rotatable bonds is 7. The molecular weight excluding hydrogens is 394 g/mol. The van der Waals surface area contributed by atoms with Crippen molar-refractivity contribution in [3.8, 4) is 21.6 Å². The van der Waals surface area contributed by atoms with Crippen molar-refractivity contribution in [3.05, 3.63) is 70.6 Å². The first-order valence-electron chi connectivity index (χ1n) is 11.2. The summed E-state index contributed by atoms with van der Waals surface area (Å²) in [6.07, 6.45) is 8.56. The molecule has 1 aromatic heterocycles. The second kappa shape index (κ2) is 9.43. The summed E-state index contributed by atoms with van der Waals surface area (Å²) in [5.74, 6) is 0.113. The summed E-state index contributed by atoms with van der Waals surface area (Å²) in [4.78, 5) is 2.10. The normalized spacial score (nSPS) is 18.8. The molecule has 0 amide bonds. The van der Waals surface area contributed by atoms with Gasteiger partial charge in [0.2, 0.25) is 0 Å². The van der Waals surface area contributed by atoms with Crippen LogP contribution in [0.25, 0.3) is 21.6 Å². The number of aryl methyl sites for hydroxylation is 1. The van der Waals surface area contributed by atoms with Crippen LogP contribution in [0.1, 0.15) is 56.4 Å². The Morgan fingerprint density at radius 2 is 1.53 bits per heavy atom. The molecule has 2 atom stereocenters. The van der Waals surface area contributed by atoms with Gasteiger partial charge in [-0.05, 0) is 66.8 Å². The molecule has 4 rings (SSSR count). The molecule has 0 N–H and O–H groups in total. The Balaban J connectivity index is 1.51. The Labute approximate surface area is 183 Å². The van der Waals surface area contributed by atoms with Gasteiger partial charge in [-0.1, -0.05) is 63.4 Å². The van der Waals surface area contributed by atoms with E-state index in [-0.39, 0.29) is 0 Å². The van der Waals surface area contributed by atoms with Crippen molar-refractivity contribution >= 4 is 11.3 Å². The second-order valence-corrected chi connectivity index (χ2v) is 9.81. The second-order valence-electron chi connectivity index (χ2n) is 8.64. The zero-order chi connectivity index (χ0) is 21.1. The minimum absolute atomic E-state index is 0.323. The van der Waals surface area contributed by atoms with Crippen molar-refractivity contribution in [2.75, 3.05) is 0 Å². The van der Waals surface area contributed by atoms with Crippen LogP contribution in [0.4, 0.5) is 8.78 Å². The number of hydrogen-bond acceptors (Lipinski definition) is 1. The molecule has 3 aromatic rings. The lowest BCUT2D eigenvalue weighted by Gasteiger charge is -2.10. The summed E-state index contributed by atoms with van der Waals surface area (Å²) in [6, 6.07) is 15.2. The molecule has 0 radical (unpaired) electrons. The van der Waals surface area contributed by atoms with E-state index in [4.69, 9.17) is 0 Å². The number of benzene rings is 2. The molecule has 1 fully saturated rings. The van der Waals surface area contributed by atoms with Gasteiger partial charge in [0.25, 0.3) is 0 Å². The first kappa shape index (κ1) is 21.2. The summed E-state index contributed by atoms with van der Waals surface area (Å²) >= 11 is 1.61. The van der Waals surface area contributed by atoms with Crippen LogP contribution in [0, 0.1) is 23.5 Å². The first-order chi connectivity index (χ1) is 14.6. The highest BCUT2D eigenvalue weighted by Crippen LogP contribution is 2.39. The van der Waals surface area contributed by atoms with Gasteiger partial charge < -0.3 is 0 Å². The number of hydrogen-bond donors (Lipinski definition) is 0. The third kappa shape index (κ3) is 4.51. The van der Waals surface area contributed by atoms with Crippen molar-refractivity contribution in [3.63, 3.8) is 0 Å². The monoisotopic (exact) mass is 424 g/mol. The quantitative estimate of drug-likeness (QED) is 0.356. The Kier molecular flexibility index (Phi) is 6.67. The lowest BCUT2D eigenvalue weighted by Crippen LogP contribution is -1.99. The van der Waals surface area contributed by atoms with Crippen molar-refractivity contribution in [1.82, 2.24) is 0 Å². The lowest BCUT2D eigenvalue weighted by atomic mass is 9.98. The summed E-state index contributed by atoms with van der Waals surface area (Å²) in [5, 5.41) is 0. The largest absolute Gasteiger partial charge is 0.203 e. The summed E-state index contributed by atoms with van der Waals surface area (Å²) in [5.41, 5.74) is 2.59. The molecule has 0 bridgehead atoms. The average Bonchev–Trinajstić information content (AvgIpc) is 3.40. The molecule has 1 aliphatic rings. The summed E-state index contributed by atoms with van der Waals surface area (Å²) in [7, 11) is 0. The predicted octanol–water partition coefficient (Wildman–Crippen LogP) is 8.68. The maximum Gasteiger partial charge on any atom is 0.168 e. The Morgan fingerprint density at radius 1 is 0.833 bits per heavy atom. The van der Waals surface area contributed by atoms with Crippen LogP contribution in [0.15, 0.2) is 48.5 Å². The van der Waals surface area contributed by atoms with E-state index in [1.807, 2.05) is 30.3 Å². The zero-order valence-electron chi connectivity index (χ0n) is 17.9. The van der Waals surface area contributed by atoms with Crippen LogP contribution in [0.2, 0.25) is 0 Å².